The minimum Gasteiger partial charge on any atom is -0.491 e. The first kappa shape index (κ1) is 19.6. The zero-order valence-electron chi connectivity index (χ0n) is 16.8. The van der Waals surface area contributed by atoms with Gasteiger partial charge in [0, 0.05) is 16.7 Å². The van der Waals surface area contributed by atoms with Gasteiger partial charge in [-0.25, -0.2) is 0 Å². The van der Waals surface area contributed by atoms with Crippen molar-refractivity contribution in [2.75, 3.05) is 6.61 Å². The molecule has 152 valence electrons. The molecule has 3 aromatic rings. The van der Waals surface area contributed by atoms with Gasteiger partial charge in [-0.15, -0.1) is 0 Å². The first-order valence-electron chi connectivity index (χ1n) is 10.1. The van der Waals surface area contributed by atoms with E-state index < -0.39 is 5.54 Å². The highest BCUT2D eigenvalue weighted by atomic mass is 16.5. The minimum absolute atomic E-state index is 0.0395. The van der Waals surface area contributed by atoms with Crippen molar-refractivity contribution in [3.63, 3.8) is 0 Å². The summed E-state index contributed by atoms with van der Waals surface area (Å²) in [6.45, 7) is 4.03. The summed E-state index contributed by atoms with van der Waals surface area (Å²) in [5.41, 5.74) is 8.76. The molecule has 0 saturated heterocycles. The highest BCUT2D eigenvalue weighted by Gasteiger charge is 2.35. The molecule has 1 fully saturated rings. The van der Waals surface area contributed by atoms with Gasteiger partial charge in [0.2, 0.25) is 5.82 Å². The van der Waals surface area contributed by atoms with E-state index >= 15 is 0 Å². The van der Waals surface area contributed by atoms with Crippen molar-refractivity contribution in [3.8, 4) is 28.6 Å². The molecule has 1 aliphatic carbocycles. The van der Waals surface area contributed by atoms with E-state index in [4.69, 9.17) is 15.0 Å². The maximum atomic E-state index is 9.47. The summed E-state index contributed by atoms with van der Waals surface area (Å²) in [5, 5.41) is 13.6. The normalized spacial score (nSPS) is 21.6. The molecular weight excluding hydrogens is 366 g/mol. The third kappa shape index (κ3) is 4.33. The van der Waals surface area contributed by atoms with Crippen LogP contribution in [0.25, 0.3) is 22.8 Å². The van der Waals surface area contributed by atoms with Crippen molar-refractivity contribution in [2.45, 2.75) is 50.7 Å². The summed E-state index contributed by atoms with van der Waals surface area (Å²) >= 11 is 0. The van der Waals surface area contributed by atoms with Crippen molar-refractivity contribution in [2.24, 2.45) is 5.73 Å². The summed E-state index contributed by atoms with van der Waals surface area (Å²) in [4.78, 5) is 4.53. The molecule has 3 N–H and O–H groups in total. The van der Waals surface area contributed by atoms with Gasteiger partial charge in [-0.2, -0.15) is 4.98 Å². The Morgan fingerprint density at radius 2 is 1.83 bits per heavy atom. The molecule has 6 nitrogen and oxygen atoms in total. The number of hydrogen-bond acceptors (Lipinski definition) is 6. The Bertz CT molecular complexity index is 950. The zero-order valence-corrected chi connectivity index (χ0v) is 16.8. The zero-order chi connectivity index (χ0) is 20.4. The van der Waals surface area contributed by atoms with E-state index in [0.29, 0.717) is 17.6 Å². The fraction of sp³-hybridized carbons (Fsp3) is 0.391. The van der Waals surface area contributed by atoms with Crippen LogP contribution in [0.3, 0.4) is 0 Å². The Kier molecular flexibility index (Phi) is 5.39. The molecule has 0 radical (unpaired) electrons. The summed E-state index contributed by atoms with van der Waals surface area (Å²) in [6, 6.07) is 15.8. The van der Waals surface area contributed by atoms with Crippen LogP contribution in [0, 0.1) is 0 Å². The second-order valence-electron chi connectivity index (χ2n) is 8.20. The molecule has 6 heteroatoms. The van der Waals surface area contributed by atoms with Crippen molar-refractivity contribution in [3.05, 3.63) is 54.1 Å². The highest BCUT2D eigenvalue weighted by molar-refractivity contribution is 5.60. The van der Waals surface area contributed by atoms with Crippen LogP contribution in [0.5, 0.6) is 5.75 Å². The Balaban J connectivity index is 1.47. The Morgan fingerprint density at radius 1 is 1.14 bits per heavy atom. The number of nitrogens with two attached hydrogens (primary N) is 1. The van der Waals surface area contributed by atoms with Gasteiger partial charge in [0.1, 0.15) is 5.75 Å². The summed E-state index contributed by atoms with van der Waals surface area (Å²) in [7, 11) is 0. The molecule has 2 atom stereocenters. The second-order valence-corrected chi connectivity index (χ2v) is 8.20. The quantitative estimate of drug-likeness (QED) is 0.653. The number of hydrogen-bond donors (Lipinski definition) is 2. The number of ether oxygens (including phenoxy) is 1. The monoisotopic (exact) mass is 393 g/mol. The predicted molar refractivity (Wildman–Crippen MR) is 112 cm³/mol. The van der Waals surface area contributed by atoms with E-state index in [2.05, 4.69) is 22.3 Å². The van der Waals surface area contributed by atoms with Crippen molar-refractivity contribution >= 4 is 0 Å². The summed E-state index contributed by atoms with van der Waals surface area (Å²) in [6.07, 6.45) is 2.80. The fourth-order valence-corrected chi connectivity index (χ4v) is 3.90. The summed E-state index contributed by atoms with van der Waals surface area (Å²) < 4.78 is 11.1. The van der Waals surface area contributed by atoms with Crippen LogP contribution >= 0.6 is 0 Å². The van der Waals surface area contributed by atoms with Crippen LogP contribution in [0.4, 0.5) is 0 Å². The van der Waals surface area contributed by atoms with Crippen molar-refractivity contribution in [1.82, 2.24) is 10.1 Å². The first-order valence-corrected chi connectivity index (χ1v) is 10.1. The largest absolute Gasteiger partial charge is 0.491 e. The van der Waals surface area contributed by atoms with E-state index in [9.17, 15) is 5.11 Å². The van der Waals surface area contributed by atoms with E-state index in [1.54, 1.807) is 0 Å². The van der Waals surface area contributed by atoms with Crippen LogP contribution < -0.4 is 10.5 Å². The molecule has 0 unspecified atom stereocenters. The van der Waals surface area contributed by atoms with E-state index in [1.165, 1.54) is 5.56 Å². The lowest BCUT2D eigenvalue weighted by Gasteiger charge is -2.20. The number of aliphatic hydroxyl groups is 1. The molecule has 1 aromatic heterocycles. The molecular formula is C23H27N3O3. The van der Waals surface area contributed by atoms with Crippen LogP contribution in [0.2, 0.25) is 0 Å². The number of rotatable bonds is 6. The Labute approximate surface area is 170 Å². The van der Waals surface area contributed by atoms with Gasteiger partial charge in [0.25, 0.3) is 5.89 Å². The minimum atomic E-state index is -0.443. The SMILES string of the molecule is CC(C)Oc1ccc(-c2nc(-c3ccc([C@@H]4CC[C@](N)(CO)C4)cc3)no2)cc1. The smallest absolute Gasteiger partial charge is 0.258 e. The number of nitrogens with zero attached hydrogens (tertiary/aromatic N) is 2. The molecule has 0 amide bonds. The Hall–Kier alpha value is -2.70. The van der Waals surface area contributed by atoms with Gasteiger partial charge in [-0.1, -0.05) is 29.4 Å². The van der Waals surface area contributed by atoms with Gasteiger partial charge >= 0.3 is 0 Å². The molecule has 0 spiro atoms. The lowest BCUT2D eigenvalue weighted by atomic mass is 9.93. The van der Waals surface area contributed by atoms with Gasteiger partial charge in [-0.05, 0) is 68.9 Å². The maximum absolute atomic E-state index is 9.47. The van der Waals surface area contributed by atoms with Gasteiger partial charge < -0.3 is 20.1 Å². The second kappa shape index (κ2) is 7.97. The van der Waals surface area contributed by atoms with Crippen LogP contribution in [0.1, 0.15) is 44.6 Å². The van der Waals surface area contributed by atoms with Crippen molar-refractivity contribution in [1.29, 1.82) is 0 Å². The van der Waals surface area contributed by atoms with Gasteiger partial charge in [-0.3, -0.25) is 0 Å². The predicted octanol–water partition coefficient (Wildman–Crippen LogP) is 4.15. The third-order valence-corrected chi connectivity index (χ3v) is 5.50. The lowest BCUT2D eigenvalue weighted by Crippen LogP contribution is -2.40. The standard InChI is InChI=1S/C23H27N3O3/c1-15(2)28-20-9-7-18(8-10-20)22-25-21(26-29-22)17-5-3-16(4-6-17)19-11-12-23(24,13-19)14-27/h3-10,15,19,27H,11-14,24H2,1-2H3/t19-,23-/m1/s1. The van der Waals surface area contributed by atoms with Gasteiger partial charge in [0.05, 0.1) is 12.7 Å². The van der Waals surface area contributed by atoms with E-state index in [1.807, 2.05) is 50.2 Å². The highest BCUT2D eigenvalue weighted by Crippen LogP contribution is 2.39. The van der Waals surface area contributed by atoms with E-state index in [-0.39, 0.29) is 12.7 Å². The molecule has 4 rings (SSSR count). The fourth-order valence-electron chi connectivity index (χ4n) is 3.90. The number of aromatic nitrogens is 2. The topological polar surface area (TPSA) is 94.4 Å². The molecule has 0 bridgehead atoms. The molecule has 2 aromatic carbocycles. The molecule has 1 saturated carbocycles. The molecule has 0 aliphatic heterocycles. The van der Waals surface area contributed by atoms with Crippen molar-refractivity contribution < 1.29 is 14.4 Å². The van der Waals surface area contributed by atoms with E-state index in [0.717, 1.165) is 36.1 Å². The Morgan fingerprint density at radius 3 is 2.45 bits per heavy atom. The molecule has 1 heterocycles. The van der Waals surface area contributed by atoms with Crippen LogP contribution in [-0.2, 0) is 0 Å². The average molecular weight is 393 g/mol. The average Bonchev–Trinajstić information content (AvgIpc) is 3.36. The number of aliphatic hydroxyl groups excluding tert-OH is 1. The third-order valence-electron chi connectivity index (χ3n) is 5.50. The maximum Gasteiger partial charge on any atom is 0.258 e. The summed E-state index contributed by atoms with van der Waals surface area (Å²) in [5.74, 6) is 2.23. The number of benzene rings is 2. The van der Waals surface area contributed by atoms with Gasteiger partial charge in [0.15, 0.2) is 0 Å². The van der Waals surface area contributed by atoms with Crippen LogP contribution in [0.15, 0.2) is 53.1 Å². The lowest BCUT2D eigenvalue weighted by molar-refractivity contribution is 0.198. The molecule has 29 heavy (non-hydrogen) atoms. The van der Waals surface area contributed by atoms with Crippen LogP contribution in [-0.4, -0.2) is 33.5 Å². The first-order chi connectivity index (χ1) is 14.0. The molecule has 1 aliphatic rings.